The summed E-state index contributed by atoms with van der Waals surface area (Å²) in [7, 11) is 3.42. The van der Waals surface area contributed by atoms with Gasteiger partial charge in [0.15, 0.2) is 0 Å². The molecule has 0 radical (unpaired) electrons. The maximum Gasteiger partial charge on any atom is 0.283 e. The molecule has 7 nitrogen and oxygen atoms in total. The van der Waals surface area contributed by atoms with Crippen molar-refractivity contribution in [3.05, 3.63) is 44.0 Å². The maximum atomic E-state index is 10.8. The Morgan fingerprint density at radius 2 is 2.24 bits per heavy atom. The first-order valence-corrected chi connectivity index (χ1v) is 6.97. The van der Waals surface area contributed by atoms with E-state index in [2.05, 4.69) is 26.3 Å². The SMILES string of the molecule is COc1c(CNc2ccc([N+](=O)[O-])c(Br)c2)c(C)nn1C. The molecule has 0 fully saturated rings. The molecule has 0 saturated heterocycles. The molecule has 2 rings (SSSR count). The van der Waals surface area contributed by atoms with E-state index < -0.39 is 4.92 Å². The predicted octanol–water partition coefficient (Wildman–Crippen LogP) is 3.02. The van der Waals surface area contributed by atoms with Crippen LogP contribution in [0.5, 0.6) is 5.88 Å². The van der Waals surface area contributed by atoms with Crippen LogP contribution in [-0.4, -0.2) is 21.8 Å². The van der Waals surface area contributed by atoms with Crippen molar-refractivity contribution in [3.8, 4) is 5.88 Å². The zero-order valence-corrected chi connectivity index (χ0v) is 13.5. The van der Waals surface area contributed by atoms with Gasteiger partial charge in [0.05, 0.1) is 27.8 Å². The Hall–Kier alpha value is -2.09. The summed E-state index contributed by atoms with van der Waals surface area (Å²) < 4.78 is 7.44. The molecule has 0 amide bonds. The third-order valence-electron chi connectivity index (χ3n) is 3.10. The summed E-state index contributed by atoms with van der Waals surface area (Å²) in [6, 6.07) is 4.80. The molecule has 0 aliphatic heterocycles. The van der Waals surface area contributed by atoms with Gasteiger partial charge in [0, 0.05) is 25.3 Å². The minimum atomic E-state index is -0.428. The monoisotopic (exact) mass is 354 g/mol. The second-order valence-electron chi connectivity index (χ2n) is 4.47. The van der Waals surface area contributed by atoms with E-state index in [0.29, 0.717) is 16.9 Å². The second kappa shape index (κ2) is 6.13. The molecule has 0 unspecified atom stereocenters. The van der Waals surface area contributed by atoms with Crippen LogP contribution >= 0.6 is 15.9 Å². The summed E-state index contributed by atoms with van der Waals surface area (Å²) in [4.78, 5) is 10.3. The van der Waals surface area contributed by atoms with Crippen molar-refractivity contribution in [1.29, 1.82) is 0 Å². The summed E-state index contributed by atoms with van der Waals surface area (Å²) in [6.07, 6.45) is 0. The first kappa shape index (κ1) is 15.3. The van der Waals surface area contributed by atoms with Gasteiger partial charge in [0.2, 0.25) is 5.88 Å². The molecule has 1 aromatic carbocycles. The van der Waals surface area contributed by atoms with E-state index >= 15 is 0 Å². The molecule has 0 aliphatic rings. The zero-order valence-electron chi connectivity index (χ0n) is 11.9. The zero-order chi connectivity index (χ0) is 15.6. The lowest BCUT2D eigenvalue weighted by molar-refractivity contribution is -0.385. The highest BCUT2D eigenvalue weighted by atomic mass is 79.9. The van der Waals surface area contributed by atoms with Gasteiger partial charge in [-0.2, -0.15) is 5.10 Å². The molecule has 0 bridgehead atoms. The van der Waals surface area contributed by atoms with Gasteiger partial charge < -0.3 is 10.1 Å². The summed E-state index contributed by atoms with van der Waals surface area (Å²) in [6.45, 7) is 2.43. The van der Waals surface area contributed by atoms with Crippen LogP contribution in [0.1, 0.15) is 11.3 Å². The smallest absolute Gasteiger partial charge is 0.283 e. The standard InChI is InChI=1S/C13H15BrN4O3/c1-8-10(13(21-3)17(2)16-8)7-15-9-4-5-12(18(19)20)11(14)6-9/h4-6,15H,7H2,1-3H3. The fraction of sp³-hybridized carbons (Fsp3) is 0.308. The molecule has 2 aromatic rings. The molecule has 1 heterocycles. The number of rotatable bonds is 5. The number of anilines is 1. The van der Waals surface area contributed by atoms with Crippen molar-refractivity contribution in [2.45, 2.75) is 13.5 Å². The van der Waals surface area contributed by atoms with Crippen molar-refractivity contribution in [1.82, 2.24) is 9.78 Å². The Balaban J connectivity index is 2.17. The number of hydrogen-bond acceptors (Lipinski definition) is 5. The van der Waals surface area contributed by atoms with Crippen molar-refractivity contribution in [2.75, 3.05) is 12.4 Å². The van der Waals surface area contributed by atoms with Crippen LogP contribution in [0.25, 0.3) is 0 Å². The highest BCUT2D eigenvalue weighted by Crippen LogP contribution is 2.28. The molecule has 21 heavy (non-hydrogen) atoms. The van der Waals surface area contributed by atoms with Crippen LogP contribution in [0, 0.1) is 17.0 Å². The number of aryl methyl sites for hydroxylation is 2. The fourth-order valence-electron chi connectivity index (χ4n) is 2.10. The largest absolute Gasteiger partial charge is 0.481 e. The molecular weight excluding hydrogens is 340 g/mol. The number of benzene rings is 1. The van der Waals surface area contributed by atoms with Gasteiger partial charge in [-0.15, -0.1) is 0 Å². The number of methoxy groups -OCH3 is 1. The Morgan fingerprint density at radius 1 is 1.52 bits per heavy atom. The van der Waals surface area contributed by atoms with Gasteiger partial charge in [-0.05, 0) is 35.0 Å². The number of nitro groups is 1. The van der Waals surface area contributed by atoms with Gasteiger partial charge >= 0.3 is 0 Å². The number of halogens is 1. The summed E-state index contributed by atoms with van der Waals surface area (Å²) in [5, 5.41) is 18.3. The van der Waals surface area contributed by atoms with Crippen LogP contribution in [0.4, 0.5) is 11.4 Å². The van der Waals surface area contributed by atoms with Crippen LogP contribution in [0.3, 0.4) is 0 Å². The van der Waals surface area contributed by atoms with Gasteiger partial charge in [0.1, 0.15) is 0 Å². The molecule has 1 N–H and O–H groups in total. The first-order valence-electron chi connectivity index (χ1n) is 6.18. The summed E-state index contributed by atoms with van der Waals surface area (Å²) in [5.74, 6) is 0.695. The van der Waals surface area contributed by atoms with Crippen LogP contribution in [0.2, 0.25) is 0 Å². The van der Waals surface area contributed by atoms with Crippen LogP contribution < -0.4 is 10.1 Å². The number of nitro benzene ring substituents is 1. The number of nitrogens with one attached hydrogen (secondary N) is 1. The van der Waals surface area contributed by atoms with Gasteiger partial charge in [-0.1, -0.05) is 0 Å². The van der Waals surface area contributed by atoms with Gasteiger partial charge in [-0.3, -0.25) is 10.1 Å². The lowest BCUT2D eigenvalue weighted by atomic mass is 10.2. The molecule has 0 saturated carbocycles. The molecular formula is C13H15BrN4O3. The molecule has 0 aliphatic carbocycles. The third kappa shape index (κ3) is 3.15. The van der Waals surface area contributed by atoms with E-state index in [1.54, 1.807) is 23.9 Å². The Morgan fingerprint density at radius 3 is 2.81 bits per heavy atom. The van der Waals surface area contributed by atoms with Crippen LogP contribution in [0.15, 0.2) is 22.7 Å². The van der Waals surface area contributed by atoms with Crippen molar-refractivity contribution in [2.24, 2.45) is 7.05 Å². The number of nitrogens with zero attached hydrogens (tertiary/aromatic N) is 3. The minimum absolute atomic E-state index is 0.0377. The first-order chi connectivity index (χ1) is 9.93. The third-order valence-corrected chi connectivity index (χ3v) is 3.73. The van der Waals surface area contributed by atoms with Gasteiger partial charge in [-0.25, -0.2) is 4.68 Å². The highest BCUT2D eigenvalue weighted by Gasteiger charge is 2.15. The van der Waals surface area contributed by atoms with Crippen molar-refractivity contribution < 1.29 is 9.66 Å². The molecule has 1 aromatic heterocycles. The number of aromatic nitrogens is 2. The van der Waals surface area contributed by atoms with E-state index in [4.69, 9.17) is 4.74 Å². The quantitative estimate of drug-likeness (QED) is 0.659. The van der Waals surface area contributed by atoms with Crippen molar-refractivity contribution >= 4 is 27.3 Å². The minimum Gasteiger partial charge on any atom is -0.481 e. The van der Waals surface area contributed by atoms with E-state index in [0.717, 1.165) is 16.9 Å². The van der Waals surface area contributed by atoms with Crippen LogP contribution in [-0.2, 0) is 13.6 Å². The van der Waals surface area contributed by atoms with E-state index in [9.17, 15) is 10.1 Å². The number of hydrogen-bond donors (Lipinski definition) is 1. The number of ether oxygens (including phenoxy) is 1. The molecule has 0 atom stereocenters. The average molecular weight is 355 g/mol. The Labute approximate surface area is 130 Å². The van der Waals surface area contributed by atoms with Crippen molar-refractivity contribution in [3.63, 3.8) is 0 Å². The molecule has 112 valence electrons. The normalized spacial score (nSPS) is 10.5. The second-order valence-corrected chi connectivity index (χ2v) is 5.33. The molecule has 0 spiro atoms. The highest BCUT2D eigenvalue weighted by molar-refractivity contribution is 9.10. The van der Waals surface area contributed by atoms with Gasteiger partial charge in [0.25, 0.3) is 5.69 Å². The Bertz CT molecular complexity index is 684. The lowest BCUT2D eigenvalue weighted by Gasteiger charge is -2.08. The van der Waals surface area contributed by atoms with E-state index in [1.165, 1.54) is 6.07 Å². The fourth-order valence-corrected chi connectivity index (χ4v) is 2.62. The van der Waals surface area contributed by atoms with E-state index in [-0.39, 0.29) is 5.69 Å². The summed E-state index contributed by atoms with van der Waals surface area (Å²) >= 11 is 3.20. The topological polar surface area (TPSA) is 82.2 Å². The predicted molar refractivity (Wildman–Crippen MR) is 82.6 cm³/mol. The average Bonchev–Trinajstić information content (AvgIpc) is 2.69. The maximum absolute atomic E-state index is 10.8. The Kier molecular flexibility index (Phi) is 4.46. The molecule has 8 heteroatoms. The lowest BCUT2D eigenvalue weighted by Crippen LogP contribution is -2.03. The summed E-state index contributed by atoms with van der Waals surface area (Å²) in [5.41, 5.74) is 2.64. The van der Waals surface area contributed by atoms with E-state index in [1.807, 2.05) is 14.0 Å².